The predicted molar refractivity (Wildman–Crippen MR) is 65.2 cm³/mol. The molecule has 0 radical (unpaired) electrons. The molecule has 2 rings (SSSR count). The first kappa shape index (κ1) is 13.4. The zero-order chi connectivity index (χ0) is 14.0. The molecule has 6 heteroatoms. The van der Waals surface area contributed by atoms with Crippen LogP contribution in [-0.2, 0) is 0 Å². The summed E-state index contributed by atoms with van der Waals surface area (Å²) in [5, 5.41) is 8.71. The number of nitrogens with zero attached hydrogens (tertiary/aromatic N) is 1. The monoisotopic (exact) mass is 327 g/mol. The van der Waals surface area contributed by atoms with Crippen LogP contribution in [0.4, 0.5) is 13.2 Å². The van der Waals surface area contributed by atoms with Crippen LogP contribution in [0, 0.1) is 28.8 Å². The molecule has 0 saturated carbocycles. The number of halogens is 4. The first-order valence-corrected chi connectivity index (χ1v) is 5.83. The molecule has 0 amide bonds. The molecule has 0 fully saturated rings. The van der Waals surface area contributed by atoms with Gasteiger partial charge in [-0.05, 0) is 40.2 Å². The quantitative estimate of drug-likeness (QED) is 0.811. The van der Waals surface area contributed by atoms with Gasteiger partial charge in [0.1, 0.15) is 11.9 Å². The van der Waals surface area contributed by atoms with Gasteiger partial charge in [-0.3, -0.25) is 0 Å². The number of rotatable bonds is 2. The topological polar surface area (TPSA) is 33.0 Å². The lowest BCUT2D eigenvalue weighted by Gasteiger charge is -2.09. The van der Waals surface area contributed by atoms with E-state index in [9.17, 15) is 13.2 Å². The zero-order valence-corrected chi connectivity index (χ0v) is 10.8. The Labute approximate surface area is 115 Å². The second kappa shape index (κ2) is 5.33. The molecule has 19 heavy (non-hydrogen) atoms. The highest BCUT2D eigenvalue weighted by molar-refractivity contribution is 9.10. The Morgan fingerprint density at radius 3 is 2.37 bits per heavy atom. The van der Waals surface area contributed by atoms with E-state index in [1.165, 1.54) is 12.1 Å². The minimum Gasteiger partial charge on any atom is -0.451 e. The summed E-state index contributed by atoms with van der Waals surface area (Å²) in [6, 6.07) is 6.98. The summed E-state index contributed by atoms with van der Waals surface area (Å²) < 4.78 is 44.8. The summed E-state index contributed by atoms with van der Waals surface area (Å²) in [6.07, 6.45) is 0. The van der Waals surface area contributed by atoms with E-state index in [2.05, 4.69) is 15.9 Å². The van der Waals surface area contributed by atoms with Crippen LogP contribution < -0.4 is 4.74 Å². The summed E-state index contributed by atoms with van der Waals surface area (Å²) in [5.41, 5.74) is 0.0874. The second-order valence-electron chi connectivity index (χ2n) is 3.53. The van der Waals surface area contributed by atoms with Crippen molar-refractivity contribution in [2.24, 2.45) is 0 Å². The Morgan fingerprint density at radius 2 is 1.74 bits per heavy atom. The number of hydrogen-bond donors (Lipinski definition) is 0. The molecule has 0 saturated heterocycles. The van der Waals surface area contributed by atoms with Crippen molar-refractivity contribution >= 4 is 15.9 Å². The van der Waals surface area contributed by atoms with Crippen molar-refractivity contribution in [2.45, 2.75) is 0 Å². The molecule has 0 aliphatic rings. The van der Waals surface area contributed by atoms with Gasteiger partial charge in [-0.25, -0.2) is 13.2 Å². The van der Waals surface area contributed by atoms with Gasteiger partial charge in [0.05, 0.1) is 10.0 Å². The van der Waals surface area contributed by atoms with Crippen molar-refractivity contribution in [1.82, 2.24) is 0 Å². The molecule has 2 aromatic rings. The SMILES string of the molecule is N#Cc1ccc(Oc2ccc(F)cc2F)c(F)c1Br. The lowest BCUT2D eigenvalue weighted by atomic mass is 10.2. The zero-order valence-electron chi connectivity index (χ0n) is 9.25. The van der Waals surface area contributed by atoms with Gasteiger partial charge in [0.2, 0.25) is 0 Å². The van der Waals surface area contributed by atoms with E-state index >= 15 is 0 Å². The average Bonchev–Trinajstić information content (AvgIpc) is 2.38. The van der Waals surface area contributed by atoms with Crippen LogP contribution in [0.5, 0.6) is 11.5 Å². The van der Waals surface area contributed by atoms with Crippen LogP contribution in [0.15, 0.2) is 34.8 Å². The fraction of sp³-hybridized carbons (Fsp3) is 0. The number of benzene rings is 2. The summed E-state index contributed by atoms with van der Waals surface area (Å²) in [7, 11) is 0. The molecule has 0 heterocycles. The van der Waals surface area contributed by atoms with Gasteiger partial charge in [0, 0.05) is 6.07 Å². The normalized spacial score (nSPS) is 10.1. The first-order chi connectivity index (χ1) is 9.02. The van der Waals surface area contributed by atoms with E-state index < -0.39 is 17.5 Å². The molecule has 0 unspecified atom stereocenters. The fourth-order valence-electron chi connectivity index (χ4n) is 1.37. The van der Waals surface area contributed by atoms with Crippen LogP contribution in [0.3, 0.4) is 0 Å². The fourth-order valence-corrected chi connectivity index (χ4v) is 1.79. The van der Waals surface area contributed by atoms with Gasteiger partial charge in [-0.1, -0.05) is 0 Å². The average molecular weight is 328 g/mol. The highest BCUT2D eigenvalue weighted by Crippen LogP contribution is 2.32. The number of ether oxygens (including phenoxy) is 1. The minimum absolute atomic E-state index is 0.0741. The van der Waals surface area contributed by atoms with E-state index in [-0.39, 0.29) is 21.5 Å². The first-order valence-electron chi connectivity index (χ1n) is 5.04. The maximum absolute atomic E-state index is 13.8. The molecule has 0 atom stereocenters. The lowest BCUT2D eigenvalue weighted by molar-refractivity contribution is 0.410. The standard InChI is InChI=1S/C13H5BrF3NO/c14-12-7(6-18)1-3-11(13(12)17)19-10-4-2-8(15)5-9(10)16/h1-5H. The van der Waals surface area contributed by atoms with E-state index in [4.69, 9.17) is 10.00 Å². The van der Waals surface area contributed by atoms with Crippen LogP contribution in [0.2, 0.25) is 0 Å². The van der Waals surface area contributed by atoms with E-state index in [0.29, 0.717) is 6.07 Å². The molecule has 0 N–H and O–H groups in total. The van der Waals surface area contributed by atoms with E-state index in [0.717, 1.165) is 12.1 Å². The highest BCUT2D eigenvalue weighted by Gasteiger charge is 2.14. The molecule has 0 aliphatic carbocycles. The Bertz CT molecular complexity index is 682. The molecular formula is C13H5BrF3NO. The molecular weight excluding hydrogens is 323 g/mol. The summed E-state index contributed by atoms with van der Waals surface area (Å²) in [5.74, 6) is -3.11. The van der Waals surface area contributed by atoms with Gasteiger partial charge in [0.15, 0.2) is 23.1 Å². The third kappa shape index (κ3) is 2.71. The largest absolute Gasteiger partial charge is 0.451 e. The Morgan fingerprint density at radius 1 is 1.05 bits per heavy atom. The van der Waals surface area contributed by atoms with Crippen molar-refractivity contribution in [1.29, 1.82) is 5.26 Å². The van der Waals surface area contributed by atoms with Crippen molar-refractivity contribution in [3.05, 3.63) is 57.8 Å². The van der Waals surface area contributed by atoms with Crippen molar-refractivity contribution in [3.63, 3.8) is 0 Å². The molecule has 0 aromatic heterocycles. The van der Waals surface area contributed by atoms with Crippen molar-refractivity contribution in [3.8, 4) is 17.6 Å². The number of nitriles is 1. The highest BCUT2D eigenvalue weighted by atomic mass is 79.9. The maximum atomic E-state index is 13.8. The van der Waals surface area contributed by atoms with Gasteiger partial charge >= 0.3 is 0 Å². The van der Waals surface area contributed by atoms with Crippen molar-refractivity contribution < 1.29 is 17.9 Å². The molecule has 0 aliphatic heterocycles. The summed E-state index contributed by atoms with van der Waals surface area (Å²) in [6.45, 7) is 0. The van der Waals surface area contributed by atoms with Crippen molar-refractivity contribution in [2.75, 3.05) is 0 Å². The van der Waals surface area contributed by atoms with E-state index in [1.54, 1.807) is 6.07 Å². The molecule has 2 nitrogen and oxygen atoms in total. The van der Waals surface area contributed by atoms with Gasteiger partial charge in [-0.15, -0.1) is 0 Å². The molecule has 96 valence electrons. The van der Waals surface area contributed by atoms with Gasteiger partial charge in [0.25, 0.3) is 0 Å². The smallest absolute Gasteiger partial charge is 0.181 e. The van der Waals surface area contributed by atoms with Crippen LogP contribution in [0.1, 0.15) is 5.56 Å². The maximum Gasteiger partial charge on any atom is 0.181 e. The molecule has 0 bridgehead atoms. The van der Waals surface area contributed by atoms with Crippen LogP contribution in [0.25, 0.3) is 0 Å². The van der Waals surface area contributed by atoms with Crippen LogP contribution >= 0.6 is 15.9 Å². The minimum atomic E-state index is -0.945. The lowest BCUT2D eigenvalue weighted by Crippen LogP contribution is -1.94. The third-order valence-corrected chi connectivity index (χ3v) is 3.06. The van der Waals surface area contributed by atoms with Gasteiger partial charge in [-0.2, -0.15) is 5.26 Å². The van der Waals surface area contributed by atoms with Gasteiger partial charge < -0.3 is 4.74 Å². The molecule has 0 spiro atoms. The van der Waals surface area contributed by atoms with Crippen LogP contribution in [-0.4, -0.2) is 0 Å². The molecule has 2 aromatic carbocycles. The van der Waals surface area contributed by atoms with E-state index in [1.807, 2.05) is 0 Å². The Hall–Kier alpha value is -2.00. The third-order valence-electron chi connectivity index (χ3n) is 2.28. The Kier molecular flexibility index (Phi) is 3.76. The second-order valence-corrected chi connectivity index (χ2v) is 4.32. The summed E-state index contributed by atoms with van der Waals surface area (Å²) in [4.78, 5) is 0. The Balaban J connectivity index is 2.39. The number of hydrogen-bond acceptors (Lipinski definition) is 2. The summed E-state index contributed by atoms with van der Waals surface area (Å²) >= 11 is 2.90. The predicted octanol–water partition coefficient (Wildman–Crippen LogP) is 4.53.